The van der Waals surface area contributed by atoms with Crippen LogP contribution in [0, 0.1) is 6.92 Å². The molecule has 130 valence electrons. The van der Waals surface area contributed by atoms with Crippen LogP contribution in [0.1, 0.15) is 37.3 Å². The van der Waals surface area contributed by atoms with E-state index >= 15 is 0 Å². The number of nitrogens with zero attached hydrogens (tertiary/aromatic N) is 1. The molecule has 0 aliphatic heterocycles. The third-order valence-corrected chi connectivity index (χ3v) is 4.51. The highest BCUT2D eigenvalue weighted by Gasteiger charge is 2.20. The third kappa shape index (κ3) is 3.53. The minimum absolute atomic E-state index is 0.110. The molecular weight excluding hydrogens is 312 g/mol. The van der Waals surface area contributed by atoms with Gasteiger partial charge in [0.25, 0.3) is 0 Å². The van der Waals surface area contributed by atoms with Crippen LogP contribution in [0.25, 0.3) is 22.3 Å². The Morgan fingerprint density at radius 3 is 2.56 bits per heavy atom. The van der Waals surface area contributed by atoms with Crippen molar-refractivity contribution in [2.24, 2.45) is 0 Å². The van der Waals surface area contributed by atoms with Gasteiger partial charge in [0, 0.05) is 17.3 Å². The fourth-order valence-electron chi connectivity index (χ4n) is 3.27. The lowest BCUT2D eigenvalue weighted by Gasteiger charge is -2.16. The molecule has 3 aromatic rings. The maximum atomic E-state index is 11.0. The number of hydrogen-bond acceptors (Lipinski definition) is 3. The van der Waals surface area contributed by atoms with Crippen molar-refractivity contribution in [3.8, 4) is 33.8 Å². The van der Waals surface area contributed by atoms with Gasteiger partial charge in [0.2, 0.25) is 0 Å². The van der Waals surface area contributed by atoms with Gasteiger partial charge in [-0.3, -0.25) is 5.10 Å². The number of aromatic hydroxyl groups is 2. The molecule has 4 nitrogen and oxygen atoms in total. The average molecular weight is 336 g/mol. The highest BCUT2D eigenvalue weighted by Crippen LogP contribution is 2.46. The van der Waals surface area contributed by atoms with Gasteiger partial charge >= 0.3 is 0 Å². The number of H-pyrrole nitrogens is 1. The van der Waals surface area contributed by atoms with E-state index in [4.69, 9.17) is 0 Å². The standard InChI is InChI=1S/C21H24N2O2/c1-3-4-5-8-16-11-18(24)20(15-9-6-7-14(2)10-15)21(25)19(16)17-12-22-23-13-17/h6-7,9-13,24-25H,3-5,8H2,1-2H3,(H,22,23). The van der Waals surface area contributed by atoms with Crippen LogP contribution in [0.2, 0.25) is 0 Å². The van der Waals surface area contributed by atoms with Gasteiger partial charge in [0.15, 0.2) is 0 Å². The van der Waals surface area contributed by atoms with Gasteiger partial charge in [-0.05, 0) is 37.0 Å². The molecular formula is C21H24N2O2. The minimum atomic E-state index is 0.110. The number of phenols is 2. The summed E-state index contributed by atoms with van der Waals surface area (Å²) in [5.41, 5.74) is 4.88. The molecule has 0 spiro atoms. The van der Waals surface area contributed by atoms with Crippen LogP contribution >= 0.6 is 0 Å². The smallest absolute Gasteiger partial charge is 0.135 e. The fourth-order valence-corrected chi connectivity index (χ4v) is 3.27. The van der Waals surface area contributed by atoms with Crippen LogP contribution in [0.15, 0.2) is 42.7 Å². The highest BCUT2D eigenvalue weighted by molar-refractivity contribution is 5.87. The second-order valence-electron chi connectivity index (χ2n) is 6.47. The topological polar surface area (TPSA) is 69.1 Å². The molecule has 25 heavy (non-hydrogen) atoms. The zero-order valence-electron chi connectivity index (χ0n) is 14.7. The molecule has 0 aliphatic rings. The number of benzene rings is 2. The van der Waals surface area contributed by atoms with E-state index in [-0.39, 0.29) is 11.5 Å². The van der Waals surface area contributed by atoms with Crippen LogP contribution < -0.4 is 0 Å². The Bertz CT molecular complexity index is 855. The number of unbranched alkanes of at least 4 members (excludes halogenated alkanes) is 2. The summed E-state index contributed by atoms with van der Waals surface area (Å²) in [5, 5.41) is 28.5. The molecule has 0 radical (unpaired) electrons. The summed E-state index contributed by atoms with van der Waals surface area (Å²) >= 11 is 0. The first-order valence-corrected chi connectivity index (χ1v) is 8.75. The van der Waals surface area contributed by atoms with E-state index < -0.39 is 0 Å². The summed E-state index contributed by atoms with van der Waals surface area (Å²) in [6.45, 7) is 4.15. The Morgan fingerprint density at radius 2 is 1.88 bits per heavy atom. The molecule has 0 fully saturated rings. The van der Waals surface area contributed by atoms with E-state index in [1.54, 1.807) is 18.5 Å². The zero-order valence-corrected chi connectivity index (χ0v) is 14.7. The van der Waals surface area contributed by atoms with Gasteiger partial charge < -0.3 is 10.2 Å². The summed E-state index contributed by atoms with van der Waals surface area (Å²) in [5.74, 6) is 0.223. The first-order valence-electron chi connectivity index (χ1n) is 8.75. The van der Waals surface area contributed by atoms with Crippen LogP contribution in [0.3, 0.4) is 0 Å². The Kier molecular flexibility index (Phi) is 5.08. The minimum Gasteiger partial charge on any atom is -0.507 e. The molecule has 0 aliphatic carbocycles. The Balaban J connectivity index is 2.17. The second kappa shape index (κ2) is 7.43. The monoisotopic (exact) mass is 336 g/mol. The molecule has 3 rings (SSSR count). The normalized spacial score (nSPS) is 11.0. The first-order chi connectivity index (χ1) is 12.1. The van der Waals surface area contributed by atoms with Crippen molar-refractivity contribution < 1.29 is 10.2 Å². The molecule has 1 heterocycles. The van der Waals surface area contributed by atoms with Crippen LogP contribution in [-0.2, 0) is 6.42 Å². The van der Waals surface area contributed by atoms with Crippen molar-refractivity contribution in [3.05, 3.63) is 53.9 Å². The Hall–Kier alpha value is -2.75. The fraction of sp³-hybridized carbons (Fsp3) is 0.286. The molecule has 3 N–H and O–H groups in total. The molecule has 0 saturated carbocycles. The molecule has 1 aromatic heterocycles. The lowest BCUT2D eigenvalue weighted by molar-refractivity contribution is 0.454. The van der Waals surface area contributed by atoms with Crippen LogP contribution in [0.5, 0.6) is 11.5 Å². The molecule has 0 saturated heterocycles. The van der Waals surface area contributed by atoms with Gasteiger partial charge in [0.1, 0.15) is 11.5 Å². The van der Waals surface area contributed by atoms with E-state index in [0.29, 0.717) is 5.56 Å². The Labute approximate surface area is 148 Å². The van der Waals surface area contributed by atoms with Crippen molar-refractivity contribution in [1.29, 1.82) is 0 Å². The number of nitrogens with one attached hydrogen (secondary N) is 1. The van der Waals surface area contributed by atoms with Gasteiger partial charge in [-0.1, -0.05) is 49.6 Å². The van der Waals surface area contributed by atoms with Crippen LogP contribution in [-0.4, -0.2) is 20.4 Å². The lowest BCUT2D eigenvalue weighted by Crippen LogP contribution is -1.94. The van der Waals surface area contributed by atoms with Crippen molar-refractivity contribution >= 4 is 0 Å². The summed E-state index contributed by atoms with van der Waals surface area (Å²) in [4.78, 5) is 0. The van der Waals surface area contributed by atoms with Gasteiger partial charge in [-0.25, -0.2) is 0 Å². The number of hydrogen-bond donors (Lipinski definition) is 3. The molecule has 0 unspecified atom stereocenters. The summed E-state index contributed by atoms with van der Waals surface area (Å²) in [6.07, 6.45) is 7.55. The number of aryl methyl sites for hydroxylation is 2. The molecule has 0 bridgehead atoms. The van der Waals surface area contributed by atoms with Crippen LogP contribution in [0.4, 0.5) is 0 Å². The number of rotatable bonds is 6. The predicted molar refractivity (Wildman–Crippen MR) is 101 cm³/mol. The highest BCUT2D eigenvalue weighted by atomic mass is 16.3. The molecule has 0 amide bonds. The van der Waals surface area contributed by atoms with E-state index in [1.807, 2.05) is 31.2 Å². The number of phenolic OH excluding ortho intramolecular Hbond substituents is 2. The lowest BCUT2D eigenvalue weighted by atomic mass is 9.90. The molecule has 2 aromatic carbocycles. The maximum Gasteiger partial charge on any atom is 0.135 e. The zero-order chi connectivity index (χ0) is 17.8. The number of aromatic nitrogens is 2. The summed E-state index contributed by atoms with van der Waals surface area (Å²) < 4.78 is 0. The van der Waals surface area contributed by atoms with E-state index in [0.717, 1.165) is 53.5 Å². The predicted octanol–water partition coefficient (Wildman–Crippen LogP) is 5.20. The average Bonchev–Trinajstić information content (AvgIpc) is 3.09. The maximum absolute atomic E-state index is 11.0. The van der Waals surface area contributed by atoms with Gasteiger partial charge in [-0.2, -0.15) is 5.10 Å². The SMILES string of the molecule is CCCCCc1cc(O)c(-c2cccc(C)c2)c(O)c1-c1cn[nH]c1. The summed E-state index contributed by atoms with van der Waals surface area (Å²) in [7, 11) is 0. The first kappa shape index (κ1) is 17.1. The van der Waals surface area contributed by atoms with E-state index in [1.165, 1.54) is 0 Å². The second-order valence-corrected chi connectivity index (χ2v) is 6.47. The van der Waals surface area contributed by atoms with Crippen molar-refractivity contribution in [3.63, 3.8) is 0 Å². The summed E-state index contributed by atoms with van der Waals surface area (Å²) in [6, 6.07) is 9.57. The van der Waals surface area contributed by atoms with E-state index in [2.05, 4.69) is 17.1 Å². The Morgan fingerprint density at radius 1 is 1.04 bits per heavy atom. The number of aromatic amines is 1. The quantitative estimate of drug-likeness (QED) is 0.542. The third-order valence-electron chi connectivity index (χ3n) is 4.51. The van der Waals surface area contributed by atoms with Gasteiger partial charge in [-0.15, -0.1) is 0 Å². The van der Waals surface area contributed by atoms with E-state index in [9.17, 15) is 10.2 Å². The van der Waals surface area contributed by atoms with Crippen molar-refractivity contribution in [1.82, 2.24) is 10.2 Å². The molecule has 0 atom stereocenters. The largest absolute Gasteiger partial charge is 0.507 e. The van der Waals surface area contributed by atoms with Gasteiger partial charge in [0.05, 0.1) is 11.8 Å². The van der Waals surface area contributed by atoms with Crippen molar-refractivity contribution in [2.75, 3.05) is 0 Å². The molecule has 4 heteroatoms. The van der Waals surface area contributed by atoms with Crippen molar-refractivity contribution in [2.45, 2.75) is 39.5 Å².